The minimum absolute atomic E-state index is 0.0709. The summed E-state index contributed by atoms with van der Waals surface area (Å²) in [5, 5.41) is 2.97. The molecule has 0 saturated carbocycles. The van der Waals surface area contributed by atoms with E-state index >= 15 is 0 Å². The zero-order chi connectivity index (χ0) is 18.2. The standard InChI is InChI=1S/C22H28N2O2/c1-18-11-14-24(15-12-18)16-13-22(25)23-20-7-9-21(10-8-20)26-17-19-5-3-2-4-6-19/h2-10,18H,11-17H2,1H3,(H,23,25). The van der Waals surface area contributed by atoms with Gasteiger partial charge in [-0.2, -0.15) is 0 Å². The lowest BCUT2D eigenvalue weighted by atomic mass is 9.99. The summed E-state index contributed by atoms with van der Waals surface area (Å²) in [6.45, 7) is 5.92. The van der Waals surface area contributed by atoms with Gasteiger partial charge in [0.1, 0.15) is 12.4 Å². The molecule has 1 aliphatic heterocycles. The topological polar surface area (TPSA) is 41.6 Å². The Morgan fingerprint density at radius 1 is 1.08 bits per heavy atom. The van der Waals surface area contributed by atoms with E-state index in [1.54, 1.807) is 0 Å². The number of rotatable bonds is 7. The van der Waals surface area contributed by atoms with E-state index in [1.807, 2.05) is 54.6 Å². The molecule has 3 rings (SSSR count). The number of carbonyl (C=O) groups excluding carboxylic acids is 1. The van der Waals surface area contributed by atoms with E-state index in [9.17, 15) is 4.79 Å². The Morgan fingerprint density at radius 2 is 1.77 bits per heavy atom. The number of piperidine rings is 1. The van der Waals surface area contributed by atoms with E-state index in [-0.39, 0.29) is 5.91 Å². The lowest BCUT2D eigenvalue weighted by molar-refractivity contribution is -0.116. The van der Waals surface area contributed by atoms with Gasteiger partial charge >= 0.3 is 0 Å². The molecule has 2 aromatic carbocycles. The molecule has 2 aromatic rings. The van der Waals surface area contributed by atoms with Crippen molar-refractivity contribution in [3.8, 4) is 5.75 Å². The van der Waals surface area contributed by atoms with Gasteiger partial charge < -0.3 is 15.0 Å². The van der Waals surface area contributed by atoms with Crippen molar-refractivity contribution in [2.24, 2.45) is 5.92 Å². The number of hydrogen-bond donors (Lipinski definition) is 1. The molecule has 4 heteroatoms. The fourth-order valence-electron chi connectivity index (χ4n) is 3.14. The van der Waals surface area contributed by atoms with Crippen LogP contribution in [0, 0.1) is 5.92 Å². The van der Waals surface area contributed by atoms with Crippen LogP contribution in [0.4, 0.5) is 5.69 Å². The minimum Gasteiger partial charge on any atom is -0.489 e. The van der Waals surface area contributed by atoms with Crippen LogP contribution in [0.3, 0.4) is 0 Å². The summed E-state index contributed by atoms with van der Waals surface area (Å²) in [4.78, 5) is 14.5. The van der Waals surface area contributed by atoms with E-state index in [0.717, 1.165) is 42.6 Å². The molecule has 0 atom stereocenters. The normalized spacial score (nSPS) is 15.6. The molecule has 1 saturated heterocycles. The van der Waals surface area contributed by atoms with Gasteiger partial charge in [0.25, 0.3) is 0 Å². The third-order valence-electron chi connectivity index (χ3n) is 4.92. The molecule has 0 spiro atoms. The molecule has 26 heavy (non-hydrogen) atoms. The highest BCUT2D eigenvalue weighted by molar-refractivity contribution is 5.90. The summed E-state index contributed by atoms with van der Waals surface area (Å²) in [5.41, 5.74) is 1.95. The highest BCUT2D eigenvalue weighted by Crippen LogP contribution is 2.18. The van der Waals surface area contributed by atoms with Crippen LogP contribution in [0.5, 0.6) is 5.75 Å². The van der Waals surface area contributed by atoms with Crippen molar-refractivity contribution in [2.45, 2.75) is 32.8 Å². The summed E-state index contributed by atoms with van der Waals surface area (Å²) >= 11 is 0. The van der Waals surface area contributed by atoms with E-state index in [1.165, 1.54) is 12.8 Å². The fraction of sp³-hybridized carbons (Fsp3) is 0.409. The van der Waals surface area contributed by atoms with Crippen LogP contribution < -0.4 is 10.1 Å². The van der Waals surface area contributed by atoms with Crippen LogP contribution in [0.25, 0.3) is 0 Å². The van der Waals surface area contributed by atoms with Crippen LogP contribution in [0.15, 0.2) is 54.6 Å². The Morgan fingerprint density at radius 3 is 2.46 bits per heavy atom. The van der Waals surface area contributed by atoms with Crippen LogP contribution >= 0.6 is 0 Å². The van der Waals surface area contributed by atoms with Crippen LogP contribution in [-0.2, 0) is 11.4 Å². The molecule has 138 valence electrons. The van der Waals surface area contributed by atoms with Crippen LogP contribution in [-0.4, -0.2) is 30.4 Å². The van der Waals surface area contributed by atoms with Gasteiger partial charge in [-0.3, -0.25) is 4.79 Å². The third-order valence-corrected chi connectivity index (χ3v) is 4.92. The average Bonchev–Trinajstić information content (AvgIpc) is 2.68. The molecule has 1 N–H and O–H groups in total. The van der Waals surface area contributed by atoms with Gasteiger partial charge in [-0.1, -0.05) is 37.3 Å². The van der Waals surface area contributed by atoms with Crippen molar-refractivity contribution in [2.75, 3.05) is 25.0 Å². The second-order valence-corrected chi connectivity index (χ2v) is 7.12. The molecular formula is C22H28N2O2. The molecule has 0 aromatic heterocycles. The van der Waals surface area contributed by atoms with Gasteiger partial charge in [0, 0.05) is 18.7 Å². The number of nitrogens with one attached hydrogen (secondary N) is 1. The molecule has 1 amide bonds. The maximum Gasteiger partial charge on any atom is 0.225 e. The predicted octanol–water partition coefficient (Wildman–Crippen LogP) is 4.33. The zero-order valence-corrected chi connectivity index (χ0v) is 15.5. The number of benzene rings is 2. The average molecular weight is 352 g/mol. The summed E-state index contributed by atoms with van der Waals surface area (Å²) in [6, 6.07) is 17.6. The monoisotopic (exact) mass is 352 g/mol. The number of anilines is 1. The predicted molar refractivity (Wildman–Crippen MR) is 105 cm³/mol. The van der Waals surface area contributed by atoms with E-state index in [4.69, 9.17) is 4.74 Å². The third kappa shape index (κ3) is 5.88. The first kappa shape index (κ1) is 18.5. The second-order valence-electron chi connectivity index (χ2n) is 7.12. The number of carbonyl (C=O) groups is 1. The molecule has 4 nitrogen and oxygen atoms in total. The number of ether oxygens (including phenoxy) is 1. The number of likely N-dealkylation sites (tertiary alicyclic amines) is 1. The maximum absolute atomic E-state index is 12.1. The van der Waals surface area contributed by atoms with Gasteiger partial charge in [0.05, 0.1) is 0 Å². The molecule has 0 unspecified atom stereocenters. The van der Waals surface area contributed by atoms with Crippen molar-refractivity contribution in [1.29, 1.82) is 0 Å². The number of nitrogens with zero attached hydrogens (tertiary/aromatic N) is 1. The quantitative estimate of drug-likeness (QED) is 0.806. The van der Waals surface area contributed by atoms with E-state index in [0.29, 0.717) is 13.0 Å². The maximum atomic E-state index is 12.1. The molecule has 0 aliphatic carbocycles. The van der Waals surface area contributed by atoms with E-state index < -0.39 is 0 Å². The molecule has 0 radical (unpaired) electrons. The van der Waals surface area contributed by atoms with Gasteiger partial charge in [-0.15, -0.1) is 0 Å². The minimum atomic E-state index is 0.0709. The first-order valence-corrected chi connectivity index (χ1v) is 9.48. The van der Waals surface area contributed by atoms with Crippen molar-refractivity contribution in [1.82, 2.24) is 4.90 Å². The van der Waals surface area contributed by atoms with Crippen molar-refractivity contribution >= 4 is 11.6 Å². The van der Waals surface area contributed by atoms with Crippen LogP contribution in [0.2, 0.25) is 0 Å². The lowest BCUT2D eigenvalue weighted by Gasteiger charge is -2.29. The van der Waals surface area contributed by atoms with Gasteiger partial charge in [-0.05, 0) is 61.7 Å². The summed E-state index contributed by atoms with van der Waals surface area (Å²) in [7, 11) is 0. The highest BCUT2D eigenvalue weighted by Gasteiger charge is 2.16. The first-order valence-electron chi connectivity index (χ1n) is 9.48. The SMILES string of the molecule is CC1CCN(CCC(=O)Nc2ccc(OCc3ccccc3)cc2)CC1. The smallest absolute Gasteiger partial charge is 0.225 e. The Hall–Kier alpha value is -2.33. The summed E-state index contributed by atoms with van der Waals surface area (Å²) in [6.07, 6.45) is 3.03. The van der Waals surface area contributed by atoms with Gasteiger partial charge in [-0.25, -0.2) is 0 Å². The molecular weight excluding hydrogens is 324 g/mol. The summed E-state index contributed by atoms with van der Waals surface area (Å²) in [5.74, 6) is 1.69. The molecule has 1 heterocycles. The Balaban J connectivity index is 1.40. The van der Waals surface area contributed by atoms with Crippen molar-refractivity contribution in [3.05, 3.63) is 60.2 Å². The number of hydrogen-bond acceptors (Lipinski definition) is 3. The zero-order valence-electron chi connectivity index (χ0n) is 15.5. The van der Waals surface area contributed by atoms with Gasteiger partial charge in [0.2, 0.25) is 5.91 Å². The highest BCUT2D eigenvalue weighted by atomic mass is 16.5. The Bertz CT molecular complexity index is 677. The van der Waals surface area contributed by atoms with E-state index in [2.05, 4.69) is 17.1 Å². The van der Waals surface area contributed by atoms with Crippen LogP contribution in [0.1, 0.15) is 31.7 Å². The largest absolute Gasteiger partial charge is 0.489 e. The number of amides is 1. The van der Waals surface area contributed by atoms with Crippen molar-refractivity contribution in [3.63, 3.8) is 0 Å². The summed E-state index contributed by atoms with van der Waals surface area (Å²) < 4.78 is 5.77. The Labute approximate surface area is 156 Å². The Kier molecular flexibility index (Phi) is 6.67. The molecule has 1 fully saturated rings. The van der Waals surface area contributed by atoms with Crippen molar-refractivity contribution < 1.29 is 9.53 Å². The first-order chi connectivity index (χ1) is 12.7. The molecule has 0 bridgehead atoms. The fourth-order valence-corrected chi connectivity index (χ4v) is 3.14. The lowest BCUT2D eigenvalue weighted by Crippen LogP contribution is -2.35. The molecule has 1 aliphatic rings. The van der Waals surface area contributed by atoms with Gasteiger partial charge in [0.15, 0.2) is 0 Å². The second kappa shape index (κ2) is 9.39.